The number of carbonyl (C=O) groups excluding carboxylic acids is 1. The van der Waals surface area contributed by atoms with E-state index < -0.39 is 5.41 Å². The maximum atomic E-state index is 12.7. The lowest BCUT2D eigenvalue weighted by Crippen LogP contribution is -2.44. The van der Waals surface area contributed by atoms with Crippen LogP contribution in [0, 0.1) is 23.7 Å². The van der Waals surface area contributed by atoms with Gasteiger partial charge < -0.3 is 15.2 Å². The summed E-state index contributed by atoms with van der Waals surface area (Å²) >= 11 is 0. The van der Waals surface area contributed by atoms with Gasteiger partial charge in [0.05, 0.1) is 23.6 Å². The van der Waals surface area contributed by atoms with Crippen LogP contribution in [0.15, 0.2) is 18.5 Å². The summed E-state index contributed by atoms with van der Waals surface area (Å²) in [6.45, 7) is 3.48. The van der Waals surface area contributed by atoms with E-state index in [0.29, 0.717) is 18.5 Å². The lowest BCUT2D eigenvalue weighted by molar-refractivity contribution is -0.124. The molecule has 0 atom stereocenters. The zero-order valence-corrected chi connectivity index (χ0v) is 12.8. The van der Waals surface area contributed by atoms with E-state index in [1.54, 1.807) is 6.33 Å². The SMILES string of the molecule is Cc1cc(NC(=O)C2(C#N)CCN(C)CC2)c2nc[nH]c2c1. The molecule has 0 bridgehead atoms. The van der Waals surface area contributed by atoms with Gasteiger partial charge in [-0.25, -0.2) is 4.98 Å². The number of nitrogens with zero attached hydrogens (tertiary/aromatic N) is 3. The Morgan fingerprint density at radius 3 is 2.86 bits per heavy atom. The Hall–Kier alpha value is -2.39. The van der Waals surface area contributed by atoms with Crippen molar-refractivity contribution in [1.82, 2.24) is 14.9 Å². The number of nitrogens with one attached hydrogen (secondary N) is 2. The van der Waals surface area contributed by atoms with Crippen molar-refractivity contribution in [3.8, 4) is 6.07 Å². The molecule has 0 aliphatic carbocycles. The van der Waals surface area contributed by atoms with E-state index in [1.807, 2.05) is 26.1 Å². The minimum absolute atomic E-state index is 0.224. The normalized spacial score (nSPS) is 18.0. The van der Waals surface area contributed by atoms with Gasteiger partial charge in [0.2, 0.25) is 5.91 Å². The van der Waals surface area contributed by atoms with Gasteiger partial charge in [-0.2, -0.15) is 5.26 Å². The Morgan fingerprint density at radius 1 is 1.45 bits per heavy atom. The maximum Gasteiger partial charge on any atom is 0.245 e. The Morgan fingerprint density at radius 2 is 2.18 bits per heavy atom. The summed E-state index contributed by atoms with van der Waals surface area (Å²) in [5.41, 5.74) is 2.35. The molecular weight excluding hydrogens is 278 g/mol. The van der Waals surface area contributed by atoms with E-state index in [2.05, 4.69) is 26.3 Å². The van der Waals surface area contributed by atoms with Gasteiger partial charge in [-0.05, 0) is 57.6 Å². The third kappa shape index (κ3) is 2.44. The van der Waals surface area contributed by atoms with Crippen molar-refractivity contribution in [3.63, 3.8) is 0 Å². The molecule has 1 saturated heterocycles. The lowest BCUT2D eigenvalue weighted by atomic mass is 9.79. The number of nitriles is 1. The molecule has 1 amide bonds. The number of aromatic amines is 1. The van der Waals surface area contributed by atoms with Gasteiger partial charge in [0.25, 0.3) is 0 Å². The van der Waals surface area contributed by atoms with E-state index in [1.165, 1.54) is 0 Å². The fourth-order valence-electron chi connectivity index (χ4n) is 2.92. The number of fused-ring (bicyclic) bond motifs is 1. The molecule has 0 unspecified atom stereocenters. The lowest BCUT2D eigenvalue weighted by Gasteiger charge is -2.34. The van der Waals surface area contributed by atoms with E-state index in [9.17, 15) is 10.1 Å². The van der Waals surface area contributed by atoms with Crippen molar-refractivity contribution in [3.05, 3.63) is 24.0 Å². The standard InChI is InChI=1S/C16H19N5O/c1-11-7-12-14(19-10-18-12)13(8-11)20-15(22)16(9-17)3-5-21(2)6-4-16/h7-8,10H,3-6H2,1-2H3,(H,18,19)(H,20,22). The highest BCUT2D eigenvalue weighted by atomic mass is 16.2. The molecule has 1 aliphatic rings. The van der Waals surface area contributed by atoms with Crippen LogP contribution >= 0.6 is 0 Å². The Bertz CT molecular complexity index is 749. The first-order valence-electron chi connectivity index (χ1n) is 7.39. The number of carbonyl (C=O) groups is 1. The molecule has 1 aromatic heterocycles. The van der Waals surface area contributed by atoms with Crippen molar-refractivity contribution in [2.75, 3.05) is 25.5 Å². The topological polar surface area (TPSA) is 84.8 Å². The highest BCUT2D eigenvalue weighted by molar-refractivity contribution is 6.03. The van der Waals surface area contributed by atoms with Gasteiger partial charge in [-0.1, -0.05) is 0 Å². The smallest absolute Gasteiger partial charge is 0.245 e. The van der Waals surface area contributed by atoms with Crippen LogP contribution in [0.3, 0.4) is 0 Å². The quantitative estimate of drug-likeness (QED) is 0.888. The summed E-state index contributed by atoms with van der Waals surface area (Å²) in [5.74, 6) is -0.224. The van der Waals surface area contributed by atoms with Gasteiger partial charge in [0, 0.05) is 0 Å². The molecule has 22 heavy (non-hydrogen) atoms. The van der Waals surface area contributed by atoms with Gasteiger partial charge in [0.15, 0.2) is 0 Å². The molecule has 0 saturated carbocycles. The number of amides is 1. The van der Waals surface area contributed by atoms with Crippen LogP contribution in [0.2, 0.25) is 0 Å². The maximum absolute atomic E-state index is 12.7. The molecule has 1 aromatic carbocycles. The highest BCUT2D eigenvalue weighted by Crippen LogP contribution is 2.33. The molecular formula is C16H19N5O. The molecule has 3 rings (SSSR count). The third-order valence-corrected chi connectivity index (χ3v) is 4.41. The van der Waals surface area contributed by atoms with Gasteiger partial charge in [-0.3, -0.25) is 4.79 Å². The van der Waals surface area contributed by atoms with Crippen LogP contribution in [0.1, 0.15) is 18.4 Å². The number of benzene rings is 1. The van der Waals surface area contributed by atoms with E-state index in [-0.39, 0.29) is 5.91 Å². The summed E-state index contributed by atoms with van der Waals surface area (Å²) in [5, 5.41) is 12.5. The zero-order valence-electron chi connectivity index (χ0n) is 12.8. The van der Waals surface area contributed by atoms with Crippen molar-refractivity contribution >= 4 is 22.6 Å². The number of aromatic nitrogens is 2. The van der Waals surface area contributed by atoms with Crippen molar-refractivity contribution < 1.29 is 4.79 Å². The second kappa shape index (κ2) is 5.43. The Kier molecular flexibility index (Phi) is 3.59. The number of anilines is 1. The Labute approximate surface area is 129 Å². The average molecular weight is 297 g/mol. The van der Waals surface area contributed by atoms with Crippen LogP contribution in [0.5, 0.6) is 0 Å². The van der Waals surface area contributed by atoms with Crippen LogP contribution in [-0.4, -0.2) is 40.9 Å². The first kappa shape index (κ1) is 14.5. The molecule has 2 N–H and O–H groups in total. The molecule has 2 aromatic rings. The molecule has 2 heterocycles. The van der Waals surface area contributed by atoms with Gasteiger partial charge in [-0.15, -0.1) is 0 Å². The molecule has 6 nitrogen and oxygen atoms in total. The minimum Gasteiger partial charge on any atom is -0.345 e. The number of imidazole rings is 1. The number of hydrogen-bond acceptors (Lipinski definition) is 4. The predicted molar refractivity (Wildman–Crippen MR) is 84.2 cm³/mol. The van der Waals surface area contributed by atoms with Crippen molar-refractivity contribution in [2.24, 2.45) is 5.41 Å². The largest absolute Gasteiger partial charge is 0.345 e. The molecule has 6 heteroatoms. The number of rotatable bonds is 2. The summed E-state index contributed by atoms with van der Waals surface area (Å²) in [4.78, 5) is 22.2. The van der Waals surface area contributed by atoms with Crippen molar-refractivity contribution in [1.29, 1.82) is 5.26 Å². The summed E-state index contributed by atoms with van der Waals surface area (Å²) in [6, 6.07) is 6.12. The molecule has 0 radical (unpaired) electrons. The molecule has 1 fully saturated rings. The second-order valence-electron chi connectivity index (χ2n) is 6.06. The van der Waals surface area contributed by atoms with E-state index in [4.69, 9.17) is 0 Å². The van der Waals surface area contributed by atoms with Crippen LogP contribution in [0.4, 0.5) is 5.69 Å². The molecule has 114 valence electrons. The van der Waals surface area contributed by atoms with E-state index >= 15 is 0 Å². The first-order chi connectivity index (χ1) is 10.5. The summed E-state index contributed by atoms with van der Waals surface area (Å²) < 4.78 is 0. The average Bonchev–Trinajstić information content (AvgIpc) is 2.96. The molecule has 0 spiro atoms. The van der Waals surface area contributed by atoms with Crippen LogP contribution < -0.4 is 5.32 Å². The first-order valence-corrected chi connectivity index (χ1v) is 7.39. The number of likely N-dealkylation sites (tertiary alicyclic amines) is 1. The fourth-order valence-corrected chi connectivity index (χ4v) is 2.92. The van der Waals surface area contributed by atoms with Crippen LogP contribution in [0.25, 0.3) is 11.0 Å². The number of hydrogen-bond donors (Lipinski definition) is 2. The Balaban J connectivity index is 1.89. The number of aryl methyl sites for hydroxylation is 1. The summed E-state index contributed by atoms with van der Waals surface area (Å²) in [7, 11) is 2.01. The van der Waals surface area contributed by atoms with Crippen LogP contribution in [-0.2, 0) is 4.79 Å². The predicted octanol–water partition coefficient (Wildman–Crippen LogP) is 2.05. The number of H-pyrrole nitrogens is 1. The third-order valence-electron chi connectivity index (χ3n) is 4.41. The highest BCUT2D eigenvalue weighted by Gasteiger charge is 2.41. The van der Waals surface area contributed by atoms with Gasteiger partial charge >= 0.3 is 0 Å². The zero-order chi connectivity index (χ0) is 15.7. The second-order valence-corrected chi connectivity index (χ2v) is 6.06. The monoisotopic (exact) mass is 297 g/mol. The van der Waals surface area contributed by atoms with E-state index in [0.717, 1.165) is 29.7 Å². The van der Waals surface area contributed by atoms with Crippen molar-refractivity contribution in [2.45, 2.75) is 19.8 Å². The van der Waals surface area contributed by atoms with Gasteiger partial charge in [0.1, 0.15) is 10.9 Å². The fraction of sp³-hybridized carbons (Fsp3) is 0.438. The number of piperidine rings is 1. The molecule has 1 aliphatic heterocycles. The minimum atomic E-state index is -0.946. The summed E-state index contributed by atoms with van der Waals surface area (Å²) in [6.07, 6.45) is 2.72.